The van der Waals surface area contributed by atoms with Crippen LogP contribution in [0.15, 0.2) is 0 Å². The summed E-state index contributed by atoms with van der Waals surface area (Å²) in [4.78, 5) is 2.66. The first kappa shape index (κ1) is 14.0. The molecule has 0 aliphatic carbocycles. The van der Waals surface area contributed by atoms with E-state index >= 15 is 0 Å². The number of piperidine rings is 1. The van der Waals surface area contributed by atoms with E-state index < -0.39 is 0 Å². The van der Waals surface area contributed by atoms with Crippen molar-refractivity contribution in [1.82, 2.24) is 4.90 Å². The third kappa shape index (κ3) is 4.06. The van der Waals surface area contributed by atoms with E-state index in [1.54, 1.807) is 0 Å². The Hall–Kier alpha value is -0.0800. The standard InChI is InChI=1S/C14H30N2/c1-11(2)8-14(9-15)10-16-7-5-6-12(3)13(16)4/h11-14H,5-10,15H2,1-4H3. The number of nitrogens with zero attached hydrogens (tertiary/aromatic N) is 1. The van der Waals surface area contributed by atoms with Crippen LogP contribution in [0.4, 0.5) is 0 Å². The Kier molecular flexibility index (Phi) is 5.77. The van der Waals surface area contributed by atoms with Crippen LogP contribution in [0.2, 0.25) is 0 Å². The van der Waals surface area contributed by atoms with E-state index in [1.165, 1.54) is 32.4 Å². The Labute approximate surface area is 102 Å². The monoisotopic (exact) mass is 226 g/mol. The fourth-order valence-corrected chi connectivity index (χ4v) is 2.92. The molecule has 0 saturated carbocycles. The lowest BCUT2D eigenvalue weighted by Gasteiger charge is -2.40. The predicted octanol–water partition coefficient (Wildman–Crippen LogP) is 2.73. The van der Waals surface area contributed by atoms with Crippen LogP contribution in [0.3, 0.4) is 0 Å². The average molecular weight is 226 g/mol. The van der Waals surface area contributed by atoms with Gasteiger partial charge in [0.1, 0.15) is 0 Å². The molecule has 0 amide bonds. The number of hydrogen-bond acceptors (Lipinski definition) is 2. The molecule has 0 radical (unpaired) electrons. The van der Waals surface area contributed by atoms with Gasteiger partial charge in [0.2, 0.25) is 0 Å². The Morgan fingerprint density at radius 2 is 2.00 bits per heavy atom. The second-order valence-electron chi connectivity index (χ2n) is 6.09. The van der Waals surface area contributed by atoms with Gasteiger partial charge in [0.05, 0.1) is 0 Å². The van der Waals surface area contributed by atoms with Crippen molar-refractivity contribution in [1.29, 1.82) is 0 Å². The number of hydrogen-bond donors (Lipinski definition) is 1. The summed E-state index contributed by atoms with van der Waals surface area (Å²) in [5.41, 5.74) is 5.89. The van der Waals surface area contributed by atoms with Crippen molar-refractivity contribution >= 4 is 0 Å². The molecule has 3 atom stereocenters. The molecular formula is C14H30N2. The summed E-state index contributed by atoms with van der Waals surface area (Å²) in [6.45, 7) is 12.7. The van der Waals surface area contributed by atoms with E-state index in [0.29, 0.717) is 5.92 Å². The lowest BCUT2D eigenvalue weighted by atomic mass is 9.89. The van der Waals surface area contributed by atoms with Crippen molar-refractivity contribution in [3.8, 4) is 0 Å². The molecule has 1 rings (SSSR count). The van der Waals surface area contributed by atoms with Gasteiger partial charge in [0, 0.05) is 12.6 Å². The molecule has 0 bridgehead atoms. The zero-order chi connectivity index (χ0) is 12.1. The minimum Gasteiger partial charge on any atom is -0.330 e. The largest absolute Gasteiger partial charge is 0.330 e. The molecule has 1 aliphatic heterocycles. The van der Waals surface area contributed by atoms with Crippen LogP contribution < -0.4 is 5.73 Å². The van der Waals surface area contributed by atoms with Gasteiger partial charge in [-0.1, -0.05) is 20.8 Å². The number of rotatable bonds is 5. The maximum Gasteiger partial charge on any atom is 0.00926 e. The van der Waals surface area contributed by atoms with Gasteiger partial charge in [-0.25, -0.2) is 0 Å². The second kappa shape index (κ2) is 6.61. The van der Waals surface area contributed by atoms with Gasteiger partial charge in [-0.2, -0.15) is 0 Å². The molecule has 3 unspecified atom stereocenters. The smallest absolute Gasteiger partial charge is 0.00926 e. The molecule has 0 spiro atoms. The molecular weight excluding hydrogens is 196 g/mol. The molecule has 2 N–H and O–H groups in total. The molecule has 1 aliphatic rings. The minimum atomic E-state index is 0.688. The molecule has 0 aromatic carbocycles. The molecule has 16 heavy (non-hydrogen) atoms. The van der Waals surface area contributed by atoms with Crippen LogP contribution in [0.1, 0.15) is 47.0 Å². The lowest BCUT2D eigenvalue weighted by Crippen LogP contribution is -2.45. The summed E-state index contributed by atoms with van der Waals surface area (Å²) in [6, 6.07) is 0.745. The Morgan fingerprint density at radius 3 is 2.56 bits per heavy atom. The fourth-order valence-electron chi connectivity index (χ4n) is 2.92. The van der Waals surface area contributed by atoms with E-state index in [-0.39, 0.29) is 0 Å². The molecule has 2 nitrogen and oxygen atoms in total. The summed E-state index contributed by atoms with van der Waals surface area (Å²) in [5, 5.41) is 0. The first-order valence-corrected chi connectivity index (χ1v) is 6.98. The average Bonchev–Trinajstić information content (AvgIpc) is 2.23. The van der Waals surface area contributed by atoms with Crippen molar-refractivity contribution in [2.45, 2.75) is 53.0 Å². The van der Waals surface area contributed by atoms with Gasteiger partial charge in [0.25, 0.3) is 0 Å². The zero-order valence-electron chi connectivity index (χ0n) is 11.6. The van der Waals surface area contributed by atoms with E-state index in [4.69, 9.17) is 5.73 Å². The minimum absolute atomic E-state index is 0.688. The summed E-state index contributed by atoms with van der Waals surface area (Å²) in [7, 11) is 0. The molecule has 96 valence electrons. The van der Waals surface area contributed by atoms with Crippen molar-refractivity contribution in [2.75, 3.05) is 19.6 Å². The lowest BCUT2D eigenvalue weighted by molar-refractivity contribution is 0.0922. The van der Waals surface area contributed by atoms with E-state index in [1.807, 2.05) is 0 Å². The van der Waals surface area contributed by atoms with E-state index in [9.17, 15) is 0 Å². The van der Waals surface area contributed by atoms with Crippen molar-refractivity contribution in [3.63, 3.8) is 0 Å². The van der Waals surface area contributed by atoms with Gasteiger partial charge in [-0.15, -0.1) is 0 Å². The quantitative estimate of drug-likeness (QED) is 0.781. The van der Waals surface area contributed by atoms with E-state index in [0.717, 1.165) is 24.4 Å². The molecule has 0 aromatic rings. The second-order valence-corrected chi connectivity index (χ2v) is 6.09. The summed E-state index contributed by atoms with van der Waals surface area (Å²) in [6.07, 6.45) is 4.04. The highest BCUT2D eigenvalue weighted by molar-refractivity contribution is 4.80. The summed E-state index contributed by atoms with van der Waals surface area (Å²) in [5.74, 6) is 2.31. The van der Waals surface area contributed by atoms with Crippen LogP contribution >= 0.6 is 0 Å². The van der Waals surface area contributed by atoms with Crippen LogP contribution in [0, 0.1) is 17.8 Å². The molecule has 1 saturated heterocycles. The van der Waals surface area contributed by atoms with Crippen molar-refractivity contribution in [2.24, 2.45) is 23.5 Å². The first-order valence-electron chi connectivity index (χ1n) is 6.98. The molecule has 1 fully saturated rings. The SMILES string of the molecule is CC(C)CC(CN)CN1CCCC(C)C1C. The summed E-state index contributed by atoms with van der Waals surface area (Å²) >= 11 is 0. The number of likely N-dealkylation sites (tertiary alicyclic amines) is 1. The van der Waals surface area contributed by atoms with Crippen LogP contribution in [0.5, 0.6) is 0 Å². The third-order valence-corrected chi connectivity index (χ3v) is 4.14. The highest BCUT2D eigenvalue weighted by Crippen LogP contribution is 2.24. The first-order chi connectivity index (χ1) is 7.54. The Balaban J connectivity index is 2.43. The van der Waals surface area contributed by atoms with Crippen molar-refractivity contribution in [3.05, 3.63) is 0 Å². The Bertz CT molecular complexity index is 191. The van der Waals surface area contributed by atoms with Gasteiger partial charge < -0.3 is 10.6 Å². The fraction of sp³-hybridized carbons (Fsp3) is 1.00. The van der Waals surface area contributed by atoms with Crippen LogP contribution in [-0.4, -0.2) is 30.6 Å². The van der Waals surface area contributed by atoms with Crippen molar-refractivity contribution < 1.29 is 0 Å². The zero-order valence-corrected chi connectivity index (χ0v) is 11.6. The highest BCUT2D eigenvalue weighted by Gasteiger charge is 2.26. The predicted molar refractivity (Wildman–Crippen MR) is 71.4 cm³/mol. The molecule has 0 aromatic heterocycles. The topological polar surface area (TPSA) is 29.3 Å². The molecule has 2 heteroatoms. The third-order valence-electron chi connectivity index (χ3n) is 4.14. The molecule has 1 heterocycles. The maximum absolute atomic E-state index is 5.89. The van der Waals surface area contributed by atoms with Gasteiger partial charge in [-0.3, -0.25) is 0 Å². The highest BCUT2D eigenvalue weighted by atomic mass is 15.2. The van der Waals surface area contributed by atoms with Crippen LogP contribution in [0.25, 0.3) is 0 Å². The number of nitrogens with two attached hydrogens (primary N) is 1. The maximum atomic E-state index is 5.89. The summed E-state index contributed by atoms with van der Waals surface area (Å²) < 4.78 is 0. The van der Waals surface area contributed by atoms with E-state index in [2.05, 4.69) is 32.6 Å². The van der Waals surface area contributed by atoms with Gasteiger partial charge in [0.15, 0.2) is 0 Å². The normalized spacial score (nSPS) is 29.6. The van der Waals surface area contributed by atoms with Gasteiger partial charge in [-0.05, 0) is 57.0 Å². The van der Waals surface area contributed by atoms with Crippen LogP contribution in [-0.2, 0) is 0 Å². The van der Waals surface area contributed by atoms with Gasteiger partial charge >= 0.3 is 0 Å². The Morgan fingerprint density at radius 1 is 1.31 bits per heavy atom.